The molecule has 0 bridgehead atoms. The molecule has 0 amide bonds. The zero-order valence-corrected chi connectivity index (χ0v) is 6.47. The molecule has 4 nitrogen and oxygen atoms in total. The van der Waals surface area contributed by atoms with Crippen LogP contribution in [0.1, 0.15) is 0 Å². The SMILES string of the molecule is N#CC(CN(F)F)(CN(F)F)N(F)F. The first-order valence-corrected chi connectivity index (χ1v) is 3.05. The van der Waals surface area contributed by atoms with E-state index in [1.165, 1.54) is 0 Å². The van der Waals surface area contributed by atoms with Crippen LogP contribution in [0.3, 0.4) is 0 Å². The standard InChI is InChI=1S/C4H4F6N4/c5-12(6)2-4(1-11,14(9)10)3-13(7)8/h2-3H2. The average Bonchev–Trinajstić information content (AvgIpc) is 2.00. The molecule has 0 aliphatic carbocycles. The smallest absolute Gasteiger partial charge is 0.196 e. The van der Waals surface area contributed by atoms with Crippen LogP contribution in [0.2, 0.25) is 0 Å². The van der Waals surface area contributed by atoms with Crippen LogP contribution < -0.4 is 0 Å². The quantitative estimate of drug-likeness (QED) is 0.520. The summed E-state index contributed by atoms with van der Waals surface area (Å²) in [5.41, 5.74) is -3.26. The monoisotopic (exact) mass is 222 g/mol. The third-order valence-electron chi connectivity index (χ3n) is 1.29. The summed E-state index contributed by atoms with van der Waals surface area (Å²) in [7, 11) is 0. The molecule has 0 aromatic heterocycles. The van der Waals surface area contributed by atoms with Gasteiger partial charge in [-0.25, -0.2) is 0 Å². The van der Waals surface area contributed by atoms with E-state index in [9.17, 15) is 26.9 Å². The van der Waals surface area contributed by atoms with Crippen molar-refractivity contribution in [3.8, 4) is 6.07 Å². The maximum Gasteiger partial charge on any atom is 0.205 e. The van der Waals surface area contributed by atoms with Crippen LogP contribution in [0.15, 0.2) is 0 Å². The van der Waals surface area contributed by atoms with E-state index in [-0.39, 0.29) is 0 Å². The second-order valence-corrected chi connectivity index (χ2v) is 2.30. The van der Waals surface area contributed by atoms with E-state index >= 15 is 0 Å². The third kappa shape index (κ3) is 3.36. The van der Waals surface area contributed by atoms with Crippen LogP contribution >= 0.6 is 0 Å². The number of halogens is 6. The Morgan fingerprint density at radius 2 is 1.29 bits per heavy atom. The van der Waals surface area contributed by atoms with E-state index in [1.807, 2.05) is 0 Å². The first-order chi connectivity index (χ1) is 6.34. The van der Waals surface area contributed by atoms with Crippen LogP contribution in [0.25, 0.3) is 0 Å². The molecule has 0 aromatic rings. The van der Waals surface area contributed by atoms with Crippen molar-refractivity contribution in [2.24, 2.45) is 0 Å². The first-order valence-electron chi connectivity index (χ1n) is 3.05. The van der Waals surface area contributed by atoms with E-state index in [0.717, 1.165) is 0 Å². The van der Waals surface area contributed by atoms with E-state index in [1.54, 1.807) is 0 Å². The van der Waals surface area contributed by atoms with Crippen molar-refractivity contribution in [2.45, 2.75) is 5.54 Å². The summed E-state index contributed by atoms with van der Waals surface area (Å²) in [6.45, 7) is -3.64. The predicted octanol–water partition coefficient (Wildman–Crippen LogP) is 1.46. The van der Waals surface area contributed by atoms with Gasteiger partial charge in [-0.1, -0.05) is 8.96 Å². The van der Waals surface area contributed by atoms with Crippen molar-refractivity contribution < 1.29 is 26.9 Å². The fourth-order valence-corrected chi connectivity index (χ4v) is 0.661. The molecular weight excluding hydrogens is 218 g/mol. The van der Waals surface area contributed by atoms with Crippen molar-refractivity contribution in [2.75, 3.05) is 13.1 Å². The molecule has 0 atom stereocenters. The van der Waals surface area contributed by atoms with Gasteiger partial charge in [0.25, 0.3) is 0 Å². The molecule has 0 unspecified atom stereocenters. The Morgan fingerprint density at radius 1 is 0.929 bits per heavy atom. The second-order valence-electron chi connectivity index (χ2n) is 2.30. The zero-order chi connectivity index (χ0) is 11.4. The Morgan fingerprint density at radius 3 is 1.43 bits per heavy atom. The topological polar surface area (TPSA) is 33.5 Å². The molecular formula is C4H4F6N4. The lowest BCUT2D eigenvalue weighted by Crippen LogP contribution is -2.51. The van der Waals surface area contributed by atoms with E-state index in [2.05, 4.69) is 0 Å². The van der Waals surface area contributed by atoms with Crippen molar-refractivity contribution in [1.82, 2.24) is 16.0 Å². The molecule has 0 saturated carbocycles. The summed E-state index contributed by atoms with van der Waals surface area (Å²) in [5, 5.41) is 2.66. The largest absolute Gasteiger partial charge is 0.205 e. The Kier molecular flexibility index (Phi) is 4.61. The number of rotatable bonds is 5. The Hall–Kier alpha value is -1.05. The first kappa shape index (κ1) is 12.9. The molecule has 0 fully saturated rings. The van der Waals surface area contributed by atoms with Gasteiger partial charge in [-0.3, -0.25) is 0 Å². The van der Waals surface area contributed by atoms with Gasteiger partial charge in [0.05, 0.1) is 6.07 Å². The van der Waals surface area contributed by atoms with Gasteiger partial charge in [0, 0.05) is 16.0 Å². The van der Waals surface area contributed by atoms with Gasteiger partial charge < -0.3 is 0 Å². The van der Waals surface area contributed by atoms with Gasteiger partial charge in [0.2, 0.25) is 5.54 Å². The lowest BCUT2D eigenvalue weighted by Gasteiger charge is -2.24. The van der Waals surface area contributed by atoms with Crippen molar-refractivity contribution in [3.05, 3.63) is 0 Å². The van der Waals surface area contributed by atoms with Gasteiger partial charge in [-0.15, -0.1) is 17.9 Å². The summed E-state index contributed by atoms with van der Waals surface area (Å²) in [5.74, 6) is 0. The second kappa shape index (κ2) is 4.99. The van der Waals surface area contributed by atoms with Crippen LogP contribution in [0.5, 0.6) is 0 Å². The average molecular weight is 222 g/mol. The number of nitrogens with zero attached hydrogens (tertiary/aromatic N) is 4. The Bertz CT molecular complexity index is 202. The minimum Gasteiger partial charge on any atom is -0.196 e. The molecule has 0 aromatic carbocycles. The highest BCUT2D eigenvalue weighted by Gasteiger charge is 2.44. The van der Waals surface area contributed by atoms with Gasteiger partial charge >= 0.3 is 0 Å². The molecule has 0 N–H and O–H groups in total. The summed E-state index contributed by atoms with van der Waals surface area (Å²) < 4.78 is 70.3. The summed E-state index contributed by atoms with van der Waals surface area (Å²) in [4.78, 5) is 0. The Balaban J connectivity index is 4.72. The lowest BCUT2D eigenvalue weighted by molar-refractivity contribution is -0.279. The summed E-state index contributed by atoms with van der Waals surface area (Å²) >= 11 is 0. The van der Waals surface area contributed by atoms with Crippen LogP contribution in [0, 0.1) is 11.3 Å². The highest BCUT2D eigenvalue weighted by atomic mass is 19.4. The molecule has 82 valence electrons. The Labute approximate surface area is 74.1 Å². The fourth-order valence-electron chi connectivity index (χ4n) is 0.661. The number of hydrogen-bond acceptors (Lipinski definition) is 4. The highest BCUT2D eigenvalue weighted by molar-refractivity contribution is 5.07. The maximum absolute atomic E-state index is 12.0. The van der Waals surface area contributed by atoms with Crippen LogP contribution in [-0.4, -0.2) is 34.7 Å². The molecule has 14 heavy (non-hydrogen) atoms. The van der Waals surface area contributed by atoms with Gasteiger partial charge in [0.1, 0.15) is 13.1 Å². The highest BCUT2D eigenvalue weighted by Crippen LogP contribution is 2.20. The number of hydrogen-bond donors (Lipinski definition) is 0. The van der Waals surface area contributed by atoms with Crippen molar-refractivity contribution >= 4 is 0 Å². The molecule has 0 aliphatic rings. The van der Waals surface area contributed by atoms with Crippen molar-refractivity contribution in [1.29, 1.82) is 5.26 Å². The van der Waals surface area contributed by atoms with E-state index in [0.29, 0.717) is 6.07 Å². The molecule has 0 radical (unpaired) electrons. The molecule has 0 heterocycles. The minimum atomic E-state index is -3.26. The predicted molar refractivity (Wildman–Crippen MR) is 30.2 cm³/mol. The fraction of sp³-hybridized carbons (Fsp3) is 0.750. The van der Waals surface area contributed by atoms with Crippen molar-refractivity contribution in [3.63, 3.8) is 0 Å². The lowest BCUT2D eigenvalue weighted by atomic mass is 10.0. The summed E-state index contributed by atoms with van der Waals surface area (Å²) in [6, 6.07) is 0.710. The molecule has 0 aliphatic heterocycles. The zero-order valence-electron chi connectivity index (χ0n) is 6.47. The van der Waals surface area contributed by atoms with Gasteiger partial charge in [-0.05, 0) is 0 Å². The van der Waals surface area contributed by atoms with Crippen LogP contribution in [0.4, 0.5) is 26.9 Å². The minimum absolute atomic E-state index is 0.710. The molecule has 0 spiro atoms. The normalized spacial score (nSPS) is 12.6. The molecule has 10 heteroatoms. The third-order valence-corrected chi connectivity index (χ3v) is 1.29. The number of nitriles is 1. The van der Waals surface area contributed by atoms with Gasteiger partial charge in [-0.2, -0.15) is 5.26 Å². The van der Waals surface area contributed by atoms with Crippen LogP contribution in [-0.2, 0) is 0 Å². The molecule has 0 rings (SSSR count). The maximum atomic E-state index is 12.0. The van der Waals surface area contributed by atoms with E-state index < -0.39 is 34.7 Å². The van der Waals surface area contributed by atoms with Gasteiger partial charge in [0.15, 0.2) is 0 Å². The van der Waals surface area contributed by atoms with E-state index in [4.69, 9.17) is 5.26 Å². The summed E-state index contributed by atoms with van der Waals surface area (Å²) in [6.07, 6.45) is 0. The molecule has 0 saturated heterocycles.